The van der Waals surface area contributed by atoms with Crippen molar-refractivity contribution in [2.45, 2.75) is 18.4 Å². The normalized spacial score (nSPS) is 11.5. The molecule has 3 rings (SSSR count). The molecule has 1 heterocycles. The number of nitrogens with one attached hydrogen (secondary N) is 1. The summed E-state index contributed by atoms with van der Waals surface area (Å²) in [4.78, 5) is 15.7. The van der Waals surface area contributed by atoms with Gasteiger partial charge in [0.1, 0.15) is 0 Å². The standard InChI is InChI=1S/C18H16N2O3S/c1-13(21)15-6-8-17(9-7-15)24(22,23)20-12-14-10-16-4-2-3-5-18(16)19-11-14/h2-11,20H,12H2,1H3. The zero-order valence-corrected chi connectivity index (χ0v) is 13.9. The van der Waals surface area contributed by atoms with Gasteiger partial charge in [0.05, 0.1) is 10.4 Å². The molecule has 0 spiro atoms. The summed E-state index contributed by atoms with van der Waals surface area (Å²) >= 11 is 0. The Kier molecular flexibility index (Phi) is 4.42. The van der Waals surface area contributed by atoms with Gasteiger partial charge in [0.25, 0.3) is 0 Å². The predicted molar refractivity (Wildman–Crippen MR) is 92.2 cm³/mol. The lowest BCUT2D eigenvalue weighted by Crippen LogP contribution is -2.23. The Balaban J connectivity index is 1.77. The van der Waals surface area contributed by atoms with Crippen LogP contribution in [-0.4, -0.2) is 19.2 Å². The van der Waals surface area contributed by atoms with E-state index >= 15 is 0 Å². The van der Waals surface area contributed by atoms with Gasteiger partial charge in [-0.2, -0.15) is 0 Å². The number of pyridine rings is 1. The van der Waals surface area contributed by atoms with Crippen LogP contribution in [0.15, 0.2) is 65.7 Å². The summed E-state index contributed by atoms with van der Waals surface area (Å²) < 4.78 is 27.2. The van der Waals surface area contributed by atoms with E-state index in [1.807, 2.05) is 30.3 Å². The Morgan fingerprint density at radius 1 is 1.08 bits per heavy atom. The SMILES string of the molecule is CC(=O)c1ccc(S(=O)(=O)NCc2cnc3ccccc3c2)cc1. The van der Waals surface area contributed by atoms with Crippen LogP contribution in [0.2, 0.25) is 0 Å². The van der Waals surface area contributed by atoms with Gasteiger partial charge in [-0.25, -0.2) is 13.1 Å². The molecule has 6 heteroatoms. The maximum atomic E-state index is 12.3. The number of carbonyl (C=O) groups is 1. The molecule has 0 amide bonds. The molecular weight excluding hydrogens is 324 g/mol. The van der Waals surface area contributed by atoms with E-state index < -0.39 is 10.0 Å². The largest absolute Gasteiger partial charge is 0.295 e. The fourth-order valence-corrected chi connectivity index (χ4v) is 3.36. The molecular formula is C18H16N2O3S. The third-order valence-corrected chi connectivity index (χ3v) is 5.10. The summed E-state index contributed by atoms with van der Waals surface area (Å²) in [6.07, 6.45) is 1.66. The van der Waals surface area contributed by atoms with Crippen LogP contribution in [0.1, 0.15) is 22.8 Å². The lowest BCUT2D eigenvalue weighted by Gasteiger charge is -2.08. The highest BCUT2D eigenvalue weighted by Crippen LogP contribution is 2.14. The number of rotatable bonds is 5. The van der Waals surface area contributed by atoms with Crippen molar-refractivity contribution in [3.8, 4) is 0 Å². The number of ketones is 1. The average molecular weight is 340 g/mol. The van der Waals surface area contributed by atoms with Gasteiger partial charge in [-0.05, 0) is 36.8 Å². The quantitative estimate of drug-likeness (QED) is 0.725. The van der Waals surface area contributed by atoms with Gasteiger partial charge in [0.2, 0.25) is 10.0 Å². The monoisotopic (exact) mass is 340 g/mol. The van der Waals surface area contributed by atoms with Crippen molar-refractivity contribution in [3.05, 3.63) is 71.9 Å². The van der Waals surface area contributed by atoms with E-state index in [4.69, 9.17) is 0 Å². The topological polar surface area (TPSA) is 76.1 Å². The fraction of sp³-hybridized carbons (Fsp3) is 0.111. The molecule has 1 N–H and O–H groups in total. The molecule has 5 nitrogen and oxygen atoms in total. The minimum Gasteiger partial charge on any atom is -0.295 e. The highest BCUT2D eigenvalue weighted by Gasteiger charge is 2.14. The number of Topliss-reactive ketones (excluding diaryl/α,β-unsaturated/α-hetero) is 1. The van der Waals surface area contributed by atoms with E-state index in [0.29, 0.717) is 5.56 Å². The fourth-order valence-electron chi connectivity index (χ4n) is 2.34. The Bertz CT molecular complexity index is 996. The number of nitrogens with zero attached hydrogens (tertiary/aromatic N) is 1. The molecule has 0 aliphatic carbocycles. The summed E-state index contributed by atoms with van der Waals surface area (Å²) in [6.45, 7) is 1.59. The van der Waals surface area contributed by atoms with Crippen LogP contribution in [0, 0.1) is 0 Å². The zero-order chi connectivity index (χ0) is 17.2. The summed E-state index contributed by atoms with van der Waals surface area (Å²) in [5.74, 6) is -0.103. The molecule has 0 unspecified atom stereocenters. The molecule has 0 aliphatic rings. The van der Waals surface area contributed by atoms with Gasteiger partial charge in [-0.1, -0.05) is 30.3 Å². The zero-order valence-electron chi connectivity index (χ0n) is 13.1. The van der Waals surface area contributed by atoms with Crippen molar-refractivity contribution < 1.29 is 13.2 Å². The predicted octanol–water partition coefficient (Wildman–Crippen LogP) is 2.92. The van der Waals surface area contributed by atoms with Gasteiger partial charge in [0, 0.05) is 23.7 Å². The number of carbonyl (C=O) groups excluding carboxylic acids is 1. The average Bonchev–Trinajstić information content (AvgIpc) is 2.60. The van der Waals surface area contributed by atoms with E-state index in [1.165, 1.54) is 31.2 Å². The van der Waals surface area contributed by atoms with Gasteiger partial charge >= 0.3 is 0 Å². The van der Waals surface area contributed by atoms with Crippen LogP contribution in [-0.2, 0) is 16.6 Å². The lowest BCUT2D eigenvalue weighted by atomic mass is 10.2. The van der Waals surface area contributed by atoms with Crippen molar-refractivity contribution in [3.63, 3.8) is 0 Å². The van der Waals surface area contributed by atoms with Crippen LogP contribution in [0.4, 0.5) is 0 Å². The second kappa shape index (κ2) is 6.51. The molecule has 0 saturated carbocycles. The second-order valence-corrected chi connectivity index (χ2v) is 7.21. The van der Waals surface area contributed by atoms with Gasteiger partial charge in [0.15, 0.2) is 5.78 Å². The van der Waals surface area contributed by atoms with Crippen LogP contribution in [0.3, 0.4) is 0 Å². The number of hydrogen-bond donors (Lipinski definition) is 1. The van der Waals surface area contributed by atoms with Crippen molar-refractivity contribution in [2.75, 3.05) is 0 Å². The first-order valence-corrected chi connectivity index (χ1v) is 8.88. The highest BCUT2D eigenvalue weighted by molar-refractivity contribution is 7.89. The Labute approximate surface area is 140 Å². The molecule has 2 aromatic carbocycles. The molecule has 0 atom stereocenters. The summed E-state index contributed by atoms with van der Waals surface area (Å²) in [5.41, 5.74) is 2.12. The molecule has 0 radical (unpaired) electrons. The minimum absolute atomic E-state index is 0.103. The molecule has 1 aromatic heterocycles. The summed E-state index contributed by atoms with van der Waals surface area (Å²) in [6, 6.07) is 15.4. The van der Waals surface area contributed by atoms with Crippen LogP contribution >= 0.6 is 0 Å². The third kappa shape index (κ3) is 3.50. The van der Waals surface area contributed by atoms with E-state index in [2.05, 4.69) is 9.71 Å². The van der Waals surface area contributed by atoms with Crippen molar-refractivity contribution in [1.29, 1.82) is 0 Å². The van der Waals surface area contributed by atoms with E-state index in [9.17, 15) is 13.2 Å². The number of aromatic nitrogens is 1. The first-order valence-electron chi connectivity index (χ1n) is 7.40. The summed E-state index contributed by atoms with van der Waals surface area (Å²) in [5, 5.41) is 0.958. The van der Waals surface area contributed by atoms with Crippen molar-refractivity contribution in [1.82, 2.24) is 9.71 Å². The smallest absolute Gasteiger partial charge is 0.240 e. The third-order valence-electron chi connectivity index (χ3n) is 3.68. The first kappa shape index (κ1) is 16.3. The van der Waals surface area contributed by atoms with E-state index in [-0.39, 0.29) is 17.2 Å². The van der Waals surface area contributed by atoms with Crippen LogP contribution < -0.4 is 4.72 Å². The minimum atomic E-state index is -3.64. The molecule has 0 saturated heterocycles. The molecule has 24 heavy (non-hydrogen) atoms. The van der Waals surface area contributed by atoms with Crippen molar-refractivity contribution in [2.24, 2.45) is 0 Å². The first-order chi connectivity index (χ1) is 11.5. The molecule has 0 bridgehead atoms. The molecule has 0 fully saturated rings. The second-order valence-electron chi connectivity index (χ2n) is 5.44. The number of benzene rings is 2. The number of hydrogen-bond acceptors (Lipinski definition) is 4. The number of para-hydroxylation sites is 1. The number of sulfonamides is 1. The Hall–Kier alpha value is -2.57. The highest BCUT2D eigenvalue weighted by atomic mass is 32.2. The Morgan fingerprint density at radius 2 is 1.79 bits per heavy atom. The maximum absolute atomic E-state index is 12.3. The van der Waals surface area contributed by atoms with E-state index in [0.717, 1.165) is 16.5 Å². The molecule has 0 aliphatic heterocycles. The van der Waals surface area contributed by atoms with Gasteiger partial charge < -0.3 is 0 Å². The maximum Gasteiger partial charge on any atom is 0.240 e. The molecule has 122 valence electrons. The van der Waals surface area contributed by atoms with Crippen LogP contribution in [0.25, 0.3) is 10.9 Å². The van der Waals surface area contributed by atoms with Gasteiger partial charge in [-0.15, -0.1) is 0 Å². The summed E-state index contributed by atoms with van der Waals surface area (Å²) in [7, 11) is -3.64. The molecule has 3 aromatic rings. The van der Waals surface area contributed by atoms with Gasteiger partial charge in [-0.3, -0.25) is 9.78 Å². The van der Waals surface area contributed by atoms with E-state index in [1.54, 1.807) is 6.20 Å². The Morgan fingerprint density at radius 3 is 2.50 bits per heavy atom. The number of fused-ring (bicyclic) bond motifs is 1. The lowest BCUT2D eigenvalue weighted by molar-refractivity contribution is 0.101. The van der Waals surface area contributed by atoms with Crippen molar-refractivity contribution >= 4 is 26.7 Å². The van der Waals surface area contributed by atoms with Crippen LogP contribution in [0.5, 0.6) is 0 Å².